The maximum absolute atomic E-state index is 11.6. The Hall–Kier alpha value is -1.51. The highest BCUT2D eigenvalue weighted by molar-refractivity contribution is 5.91. The Morgan fingerprint density at radius 2 is 1.72 bits per heavy atom. The molecule has 0 aromatic heterocycles. The lowest BCUT2D eigenvalue weighted by Gasteiger charge is -2.22. The summed E-state index contributed by atoms with van der Waals surface area (Å²) < 4.78 is 5.79. The molecule has 0 amide bonds. The van der Waals surface area contributed by atoms with E-state index >= 15 is 0 Å². The second-order valence-corrected chi connectivity index (χ2v) is 7.37. The molecule has 0 radical (unpaired) electrons. The lowest BCUT2D eigenvalue weighted by molar-refractivity contribution is 0.0692. The molecule has 0 unspecified atom stereocenters. The Morgan fingerprint density at radius 3 is 2.40 bits per heavy atom. The van der Waals surface area contributed by atoms with Gasteiger partial charge in [0.1, 0.15) is 11.3 Å². The van der Waals surface area contributed by atoms with Gasteiger partial charge in [-0.15, -0.1) is 0 Å². The van der Waals surface area contributed by atoms with E-state index in [9.17, 15) is 9.90 Å². The van der Waals surface area contributed by atoms with Crippen molar-refractivity contribution in [1.82, 2.24) is 0 Å². The second kappa shape index (κ2) is 11.2. The number of hydrogen-bond donors (Lipinski definition) is 1. The van der Waals surface area contributed by atoms with E-state index in [1.807, 2.05) is 12.1 Å². The first-order chi connectivity index (χ1) is 12.2. The van der Waals surface area contributed by atoms with Crippen molar-refractivity contribution >= 4 is 5.97 Å². The number of unbranched alkanes of at least 4 members (excludes halogenated alkanes) is 6. The second-order valence-electron chi connectivity index (χ2n) is 7.37. The number of carboxylic acids is 1. The summed E-state index contributed by atoms with van der Waals surface area (Å²) in [6, 6.07) is 5.79. The van der Waals surface area contributed by atoms with Gasteiger partial charge in [-0.3, -0.25) is 0 Å². The molecule has 0 spiro atoms. The fourth-order valence-corrected chi connectivity index (χ4v) is 3.77. The molecule has 0 saturated heterocycles. The van der Waals surface area contributed by atoms with Gasteiger partial charge in [0.15, 0.2) is 0 Å². The van der Waals surface area contributed by atoms with Gasteiger partial charge < -0.3 is 9.84 Å². The van der Waals surface area contributed by atoms with Crippen LogP contribution >= 0.6 is 0 Å². The Morgan fingerprint density at radius 1 is 1.04 bits per heavy atom. The third-order valence-electron chi connectivity index (χ3n) is 5.32. The average Bonchev–Trinajstić information content (AvgIpc) is 2.64. The van der Waals surface area contributed by atoms with Gasteiger partial charge in [0.2, 0.25) is 0 Å². The van der Waals surface area contributed by atoms with Crippen molar-refractivity contribution in [2.45, 2.75) is 89.9 Å². The first kappa shape index (κ1) is 19.8. The SMILES string of the molecule is CCCCCCCCCOc1ccc(C2CCCCC2)cc1C(=O)O. The third-order valence-corrected chi connectivity index (χ3v) is 5.32. The van der Waals surface area contributed by atoms with Crippen LogP contribution < -0.4 is 4.74 Å². The standard InChI is InChI=1S/C22H34O3/c1-2-3-4-5-6-7-11-16-25-21-15-14-19(17-20(21)22(23)24)18-12-9-8-10-13-18/h14-15,17-18H,2-13,16H2,1H3,(H,23,24). The van der Waals surface area contributed by atoms with Gasteiger partial charge in [-0.25, -0.2) is 4.79 Å². The molecule has 1 N–H and O–H groups in total. The van der Waals surface area contributed by atoms with Crippen molar-refractivity contribution in [2.24, 2.45) is 0 Å². The molecule has 3 nitrogen and oxygen atoms in total. The highest BCUT2D eigenvalue weighted by Crippen LogP contribution is 2.34. The van der Waals surface area contributed by atoms with E-state index in [-0.39, 0.29) is 0 Å². The van der Waals surface area contributed by atoms with Crippen molar-refractivity contribution in [2.75, 3.05) is 6.61 Å². The molecule has 25 heavy (non-hydrogen) atoms. The van der Waals surface area contributed by atoms with Crippen LogP contribution in [0.2, 0.25) is 0 Å². The number of carboxylic acid groups (broad SMARTS) is 1. The predicted molar refractivity (Wildman–Crippen MR) is 103 cm³/mol. The van der Waals surface area contributed by atoms with E-state index in [2.05, 4.69) is 13.0 Å². The fraction of sp³-hybridized carbons (Fsp3) is 0.682. The normalized spacial score (nSPS) is 15.2. The summed E-state index contributed by atoms with van der Waals surface area (Å²) in [5, 5.41) is 9.53. The minimum Gasteiger partial charge on any atom is -0.493 e. The highest BCUT2D eigenvalue weighted by Gasteiger charge is 2.19. The number of benzene rings is 1. The molecule has 0 atom stereocenters. The maximum Gasteiger partial charge on any atom is 0.339 e. The molecule has 1 saturated carbocycles. The zero-order valence-electron chi connectivity index (χ0n) is 15.8. The van der Waals surface area contributed by atoms with Crippen molar-refractivity contribution in [1.29, 1.82) is 0 Å². The monoisotopic (exact) mass is 346 g/mol. The molecule has 1 aliphatic carbocycles. The van der Waals surface area contributed by atoms with Crippen LogP contribution in [0.25, 0.3) is 0 Å². The molecule has 140 valence electrons. The van der Waals surface area contributed by atoms with Gasteiger partial charge in [-0.1, -0.05) is 70.8 Å². The minimum atomic E-state index is -0.882. The number of aromatic carboxylic acids is 1. The summed E-state index contributed by atoms with van der Waals surface area (Å²) in [6.07, 6.45) is 14.8. The van der Waals surface area contributed by atoms with Crippen LogP contribution in [0.15, 0.2) is 18.2 Å². The van der Waals surface area contributed by atoms with Gasteiger partial charge in [0.05, 0.1) is 6.61 Å². The third kappa shape index (κ3) is 6.72. The molecule has 0 aliphatic heterocycles. The van der Waals surface area contributed by atoms with Crippen LogP contribution in [0.1, 0.15) is 106 Å². The van der Waals surface area contributed by atoms with Crippen molar-refractivity contribution < 1.29 is 14.6 Å². The minimum absolute atomic E-state index is 0.325. The first-order valence-corrected chi connectivity index (χ1v) is 10.2. The molecule has 1 aromatic carbocycles. The molecule has 2 rings (SSSR count). The highest BCUT2D eigenvalue weighted by atomic mass is 16.5. The quantitative estimate of drug-likeness (QED) is 0.461. The molecule has 0 heterocycles. The predicted octanol–water partition coefficient (Wildman–Crippen LogP) is 6.56. The van der Waals surface area contributed by atoms with Crippen LogP contribution in [0.5, 0.6) is 5.75 Å². The van der Waals surface area contributed by atoms with E-state index in [0.29, 0.717) is 23.8 Å². The Bertz CT molecular complexity index is 518. The van der Waals surface area contributed by atoms with Gasteiger partial charge in [-0.2, -0.15) is 0 Å². The fourth-order valence-electron chi connectivity index (χ4n) is 3.77. The van der Waals surface area contributed by atoms with E-state index < -0.39 is 5.97 Å². The number of rotatable bonds is 11. The molecular formula is C22H34O3. The van der Waals surface area contributed by atoms with Crippen molar-refractivity contribution in [3.05, 3.63) is 29.3 Å². The van der Waals surface area contributed by atoms with Gasteiger partial charge >= 0.3 is 5.97 Å². The smallest absolute Gasteiger partial charge is 0.339 e. The summed E-state index contributed by atoms with van der Waals surface area (Å²) in [4.78, 5) is 11.6. The van der Waals surface area contributed by atoms with E-state index in [4.69, 9.17) is 4.74 Å². The van der Waals surface area contributed by atoms with Crippen LogP contribution in [0.4, 0.5) is 0 Å². The Kier molecular flexibility index (Phi) is 8.85. The van der Waals surface area contributed by atoms with Crippen molar-refractivity contribution in [3.8, 4) is 5.75 Å². The van der Waals surface area contributed by atoms with Gasteiger partial charge in [0.25, 0.3) is 0 Å². The molecular weight excluding hydrogens is 312 g/mol. The maximum atomic E-state index is 11.6. The number of ether oxygens (including phenoxy) is 1. The Balaban J connectivity index is 1.82. The van der Waals surface area contributed by atoms with Crippen LogP contribution in [-0.2, 0) is 0 Å². The topological polar surface area (TPSA) is 46.5 Å². The first-order valence-electron chi connectivity index (χ1n) is 10.2. The molecule has 1 aliphatic rings. The zero-order chi connectivity index (χ0) is 17.9. The van der Waals surface area contributed by atoms with E-state index in [1.54, 1.807) is 0 Å². The largest absolute Gasteiger partial charge is 0.493 e. The van der Waals surface area contributed by atoms with Crippen LogP contribution in [-0.4, -0.2) is 17.7 Å². The average molecular weight is 347 g/mol. The summed E-state index contributed by atoms with van der Waals surface area (Å²) in [6.45, 7) is 2.84. The van der Waals surface area contributed by atoms with Crippen LogP contribution in [0, 0.1) is 0 Å². The molecule has 1 fully saturated rings. The molecule has 1 aromatic rings. The van der Waals surface area contributed by atoms with E-state index in [1.165, 1.54) is 69.8 Å². The van der Waals surface area contributed by atoms with E-state index in [0.717, 1.165) is 12.8 Å². The lowest BCUT2D eigenvalue weighted by atomic mass is 9.83. The summed E-state index contributed by atoms with van der Waals surface area (Å²) in [5.74, 6) is 0.161. The number of hydrogen-bond acceptors (Lipinski definition) is 2. The Labute approximate surface area is 152 Å². The van der Waals surface area contributed by atoms with Crippen LogP contribution in [0.3, 0.4) is 0 Å². The summed E-state index contributed by atoms with van der Waals surface area (Å²) in [5.41, 5.74) is 1.49. The molecule has 0 bridgehead atoms. The summed E-state index contributed by atoms with van der Waals surface area (Å²) in [7, 11) is 0. The zero-order valence-corrected chi connectivity index (χ0v) is 15.8. The summed E-state index contributed by atoms with van der Waals surface area (Å²) >= 11 is 0. The van der Waals surface area contributed by atoms with Gasteiger partial charge in [0, 0.05) is 0 Å². The number of carbonyl (C=O) groups is 1. The van der Waals surface area contributed by atoms with Crippen molar-refractivity contribution in [3.63, 3.8) is 0 Å². The van der Waals surface area contributed by atoms with Gasteiger partial charge in [-0.05, 0) is 42.9 Å². The molecule has 3 heteroatoms. The lowest BCUT2D eigenvalue weighted by Crippen LogP contribution is -2.09.